The first-order valence-corrected chi connectivity index (χ1v) is 12.1. The van der Waals surface area contributed by atoms with Gasteiger partial charge in [-0.25, -0.2) is 4.98 Å². The van der Waals surface area contributed by atoms with Crippen LogP contribution in [0.4, 0.5) is 5.13 Å². The van der Waals surface area contributed by atoms with Crippen molar-refractivity contribution in [3.63, 3.8) is 0 Å². The molecule has 0 aliphatic carbocycles. The van der Waals surface area contributed by atoms with Crippen LogP contribution in [0.2, 0.25) is 0 Å². The molecule has 1 aromatic heterocycles. The third-order valence-electron chi connectivity index (χ3n) is 5.40. The smallest absolute Gasteiger partial charge is 0.260 e. The number of anilines is 1. The summed E-state index contributed by atoms with van der Waals surface area (Å²) in [6.07, 6.45) is 2.03. The van der Waals surface area contributed by atoms with Crippen LogP contribution in [0.3, 0.4) is 0 Å². The summed E-state index contributed by atoms with van der Waals surface area (Å²) in [6, 6.07) is 12.1. The van der Waals surface area contributed by atoms with Gasteiger partial charge in [-0.2, -0.15) is 0 Å². The van der Waals surface area contributed by atoms with Crippen LogP contribution in [0, 0.1) is 13.8 Å². The zero-order chi connectivity index (χ0) is 21.0. The molecule has 2 aromatic carbocycles. The summed E-state index contributed by atoms with van der Waals surface area (Å²) in [4.78, 5) is 23.7. The van der Waals surface area contributed by atoms with Crippen molar-refractivity contribution in [2.75, 3.05) is 37.3 Å². The Morgan fingerprint density at radius 3 is 2.55 bits per heavy atom. The number of thioether (sulfide) groups is 1. The minimum Gasteiger partial charge on any atom is -0.302 e. The van der Waals surface area contributed by atoms with E-state index in [9.17, 15) is 4.79 Å². The van der Waals surface area contributed by atoms with Crippen LogP contribution in [0.1, 0.15) is 35.3 Å². The Bertz CT molecular complexity index is 995. The van der Waals surface area contributed by atoms with E-state index in [4.69, 9.17) is 4.98 Å². The molecule has 0 unspecified atom stereocenters. The van der Waals surface area contributed by atoms with E-state index in [0.29, 0.717) is 12.1 Å². The third kappa shape index (κ3) is 4.82. The molecule has 0 atom stereocenters. The average molecular weight is 428 g/mol. The van der Waals surface area contributed by atoms with Gasteiger partial charge in [0.05, 0.1) is 10.2 Å². The van der Waals surface area contributed by atoms with Crippen LogP contribution in [0.5, 0.6) is 0 Å². The maximum absolute atomic E-state index is 13.5. The molecule has 0 aliphatic heterocycles. The first-order chi connectivity index (χ1) is 14.0. The highest BCUT2D eigenvalue weighted by Crippen LogP contribution is 2.32. The fourth-order valence-electron chi connectivity index (χ4n) is 3.31. The maximum Gasteiger partial charge on any atom is 0.260 e. The number of nitrogens with zero attached hydrogens (tertiary/aromatic N) is 3. The SMILES string of the molecule is CCN(CC)CCN(C(=O)c1cccc(SC)c1)c1nc2c(C)c(C)ccc2s1. The molecule has 1 amide bonds. The van der Waals surface area contributed by atoms with Gasteiger partial charge in [0.2, 0.25) is 0 Å². The number of rotatable bonds is 8. The van der Waals surface area contributed by atoms with Gasteiger partial charge < -0.3 is 4.90 Å². The number of hydrogen-bond acceptors (Lipinski definition) is 5. The molecule has 0 radical (unpaired) electrons. The van der Waals surface area contributed by atoms with Crippen molar-refractivity contribution in [2.45, 2.75) is 32.6 Å². The number of aromatic nitrogens is 1. The predicted molar refractivity (Wildman–Crippen MR) is 127 cm³/mol. The molecule has 29 heavy (non-hydrogen) atoms. The number of aryl methyl sites for hydroxylation is 2. The van der Waals surface area contributed by atoms with Gasteiger partial charge in [0.1, 0.15) is 0 Å². The van der Waals surface area contributed by atoms with E-state index >= 15 is 0 Å². The van der Waals surface area contributed by atoms with Gasteiger partial charge in [0.25, 0.3) is 5.91 Å². The second-order valence-electron chi connectivity index (χ2n) is 7.07. The standard InChI is InChI=1S/C23H29N3OS2/c1-6-25(7-2)13-14-26(22(27)18-9-8-10-19(15-18)28-5)23-24-21-17(4)16(3)11-12-20(21)29-23/h8-12,15H,6-7,13-14H2,1-5H3. The van der Waals surface area contributed by atoms with Gasteiger partial charge in [-0.05, 0) is 68.6 Å². The first-order valence-electron chi connectivity index (χ1n) is 10.0. The van der Waals surface area contributed by atoms with Crippen LogP contribution in [0.15, 0.2) is 41.3 Å². The van der Waals surface area contributed by atoms with E-state index in [1.807, 2.05) is 35.4 Å². The summed E-state index contributed by atoms with van der Waals surface area (Å²) < 4.78 is 1.13. The van der Waals surface area contributed by atoms with E-state index in [-0.39, 0.29) is 5.91 Å². The Hall–Kier alpha value is -1.89. The van der Waals surface area contributed by atoms with Crippen molar-refractivity contribution in [1.82, 2.24) is 9.88 Å². The molecule has 0 spiro atoms. The van der Waals surface area contributed by atoms with Gasteiger partial charge in [0, 0.05) is 23.5 Å². The second-order valence-corrected chi connectivity index (χ2v) is 8.96. The van der Waals surface area contributed by atoms with E-state index in [0.717, 1.165) is 39.9 Å². The number of carbonyl (C=O) groups excluding carboxylic acids is 1. The summed E-state index contributed by atoms with van der Waals surface area (Å²) in [5.74, 6) is 0.0153. The second kappa shape index (κ2) is 9.74. The molecule has 6 heteroatoms. The Morgan fingerprint density at radius 2 is 1.86 bits per heavy atom. The van der Waals surface area contributed by atoms with Crippen molar-refractivity contribution in [3.05, 3.63) is 53.1 Å². The van der Waals surface area contributed by atoms with Crippen LogP contribution in [0.25, 0.3) is 10.2 Å². The van der Waals surface area contributed by atoms with E-state index in [2.05, 4.69) is 44.7 Å². The van der Waals surface area contributed by atoms with Gasteiger partial charge in [-0.15, -0.1) is 11.8 Å². The topological polar surface area (TPSA) is 36.4 Å². The molecule has 0 fully saturated rings. The highest BCUT2D eigenvalue weighted by molar-refractivity contribution is 7.98. The molecule has 4 nitrogen and oxygen atoms in total. The van der Waals surface area contributed by atoms with Gasteiger partial charge in [-0.3, -0.25) is 9.69 Å². The lowest BCUT2D eigenvalue weighted by molar-refractivity contribution is 0.0983. The lowest BCUT2D eigenvalue weighted by Crippen LogP contribution is -2.38. The zero-order valence-electron chi connectivity index (χ0n) is 17.9. The van der Waals surface area contributed by atoms with Gasteiger partial charge >= 0.3 is 0 Å². The van der Waals surface area contributed by atoms with Crippen molar-refractivity contribution >= 4 is 44.4 Å². The number of hydrogen-bond donors (Lipinski definition) is 0. The van der Waals surface area contributed by atoms with Crippen LogP contribution >= 0.6 is 23.1 Å². The number of fused-ring (bicyclic) bond motifs is 1. The van der Waals surface area contributed by atoms with Crippen molar-refractivity contribution in [3.8, 4) is 0 Å². The van der Waals surface area contributed by atoms with E-state index < -0.39 is 0 Å². The molecular formula is C23H29N3OS2. The van der Waals surface area contributed by atoms with Gasteiger partial charge in [-0.1, -0.05) is 37.3 Å². The summed E-state index contributed by atoms with van der Waals surface area (Å²) in [7, 11) is 0. The average Bonchev–Trinajstić information content (AvgIpc) is 3.18. The molecule has 0 bridgehead atoms. The molecule has 3 rings (SSSR count). The minimum atomic E-state index is 0.0153. The summed E-state index contributed by atoms with van der Waals surface area (Å²) in [5.41, 5.74) is 4.13. The zero-order valence-corrected chi connectivity index (χ0v) is 19.5. The Kier molecular flexibility index (Phi) is 7.33. The fourth-order valence-corrected chi connectivity index (χ4v) is 4.82. The monoisotopic (exact) mass is 427 g/mol. The van der Waals surface area contributed by atoms with Crippen LogP contribution < -0.4 is 4.90 Å². The fraction of sp³-hybridized carbons (Fsp3) is 0.391. The number of thiazole rings is 1. The maximum atomic E-state index is 13.5. The largest absolute Gasteiger partial charge is 0.302 e. The molecular weight excluding hydrogens is 398 g/mol. The van der Waals surface area contributed by atoms with Crippen molar-refractivity contribution in [2.24, 2.45) is 0 Å². The highest BCUT2D eigenvalue weighted by Gasteiger charge is 2.22. The third-order valence-corrected chi connectivity index (χ3v) is 7.17. The van der Waals surface area contributed by atoms with Crippen LogP contribution in [-0.2, 0) is 0 Å². The molecule has 3 aromatic rings. The highest BCUT2D eigenvalue weighted by atomic mass is 32.2. The molecule has 0 saturated carbocycles. The molecule has 0 saturated heterocycles. The number of carbonyl (C=O) groups is 1. The summed E-state index contributed by atoms with van der Waals surface area (Å²) in [5, 5.41) is 0.778. The number of benzene rings is 2. The quantitative estimate of drug-likeness (QED) is 0.437. The molecule has 0 N–H and O–H groups in total. The lowest BCUT2D eigenvalue weighted by atomic mass is 10.1. The van der Waals surface area contributed by atoms with Crippen LogP contribution in [-0.4, -0.2) is 48.2 Å². The molecule has 1 heterocycles. The summed E-state index contributed by atoms with van der Waals surface area (Å²) >= 11 is 3.25. The lowest BCUT2D eigenvalue weighted by Gasteiger charge is -2.25. The van der Waals surface area contributed by atoms with Crippen molar-refractivity contribution < 1.29 is 4.79 Å². The van der Waals surface area contributed by atoms with Crippen molar-refractivity contribution in [1.29, 1.82) is 0 Å². The number of amides is 1. The Labute approximate surface area is 181 Å². The van der Waals surface area contributed by atoms with E-state index in [1.54, 1.807) is 23.1 Å². The van der Waals surface area contributed by atoms with Gasteiger partial charge in [0.15, 0.2) is 5.13 Å². The summed E-state index contributed by atoms with van der Waals surface area (Å²) in [6.45, 7) is 11.9. The molecule has 154 valence electrons. The Morgan fingerprint density at radius 1 is 1.10 bits per heavy atom. The number of likely N-dealkylation sites (N-methyl/N-ethyl adjacent to an activating group) is 1. The molecule has 0 aliphatic rings. The van der Waals surface area contributed by atoms with E-state index in [1.165, 1.54) is 11.1 Å². The normalized spacial score (nSPS) is 11.4. The Balaban J connectivity index is 2.00. The minimum absolute atomic E-state index is 0.0153. The first kappa shape index (κ1) is 21.8. The predicted octanol–water partition coefficient (Wildman–Crippen LogP) is 5.62.